The van der Waals surface area contributed by atoms with Gasteiger partial charge >= 0.3 is 0 Å². The summed E-state index contributed by atoms with van der Waals surface area (Å²) in [4.78, 5) is 0. The van der Waals surface area contributed by atoms with Gasteiger partial charge in [-0.05, 0) is 40.7 Å². The fourth-order valence-corrected chi connectivity index (χ4v) is 2.09. The first-order valence-electron chi connectivity index (χ1n) is 7.30. The highest BCUT2D eigenvalue weighted by molar-refractivity contribution is 5.33. The monoisotopic (exact) mass is 268 g/mol. The molecule has 0 saturated carbocycles. The molecular formula is C19H24O. The van der Waals surface area contributed by atoms with E-state index in [-0.39, 0.29) is 5.41 Å². The van der Waals surface area contributed by atoms with Gasteiger partial charge in [-0.3, -0.25) is 0 Å². The first kappa shape index (κ1) is 14.6. The fraction of sp³-hybridized carbons (Fsp3) is 0.368. The van der Waals surface area contributed by atoms with E-state index in [1.165, 1.54) is 16.7 Å². The normalized spacial score (nSPS) is 11.4. The molecule has 2 aromatic carbocycles. The van der Waals surface area contributed by atoms with E-state index >= 15 is 0 Å². The number of ether oxygens (including phenoxy) is 1. The molecule has 0 heterocycles. The first-order chi connectivity index (χ1) is 9.49. The molecule has 0 N–H and O–H groups in total. The van der Waals surface area contributed by atoms with Crippen LogP contribution in [0.2, 0.25) is 0 Å². The third-order valence-electron chi connectivity index (χ3n) is 3.54. The minimum atomic E-state index is 0.155. The smallest absolute Gasteiger partial charge is 0.120 e. The molecule has 0 aromatic heterocycles. The van der Waals surface area contributed by atoms with Crippen molar-refractivity contribution in [2.45, 2.75) is 46.1 Å². The third kappa shape index (κ3) is 3.86. The summed E-state index contributed by atoms with van der Waals surface area (Å²) in [6.45, 7) is 9.45. The topological polar surface area (TPSA) is 9.23 Å². The third-order valence-corrected chi connectivity index (χ3v) is 3.54. The minimum Gasteiger partial charge on any atom is -0.489 e. The van der Waals surface area contributed by atoms with Crippen LogP contribution < -0.4 is 4.74 Å². The summed E-state index contributed by atoms with van der Waals surface area (Å²) in [6, 6.07) is 17.0. The molecule has 0 saturated heterocycles. The molecule has 0 aliphatic rings. The van der Waals surface area contributed by atoms with Crippen molar-refractivity contribution in [3.05, 3.63) is 65.2 Å². The average Bonchev–Trinajstić information content (AvgIpc) is 2.45. The van der Waals surface area contributed by atoms with Crippen molar-refractivity contribution < 1.29 is 4.74 Å². The Morgan fingerprint density at radius 1 is 0.900 bits per heavy atom. The highest BCUT2D eigenvalue weighted by atomic mass is 16.5. The molecule has 0 amide bonds. The molecule has 2 aromatic rings. The Morgan fingerprint density at radius 2 is 1.55 bits per heavy atom. The van der Waals surface area contributed by atoms with Gasteiger partial charge in [-0.2, -0.15) is 0 Å². The van der Waals surface area contributed by atoms with Gasteiger partial charge in [0.25, 0.3) is 0 Å². The largest absolute Gasteiger partial charge is 0.489 e. The van der Waals surface area contributed by atoms with Gasteiger partial charge in [0, 0.05) is 0 Å². The molecule has 106 valence electrons. The van der Waals surface area contributed by atoms with Crippen LogP contribution in [0.3, 0.4) is 0 Å². The Balaban J connectivity index is 2.03. The lowest BCUT2D eigenvalue weighted by Gasteiger charge is -2.19. The van der Waals surface area contributed by atoms with Gasteiger partial charge in [0.1, 0.15) is 12.4 Å². The maximum absolute atomic E-state index is 5.90. The molecule has 0 radical (unpaired) electrons. The van der Waals surface area contributed by atoms with E-state index in [4.69, 9.17) is 4.74 Å². The Labute approximate surface area is 122 Å². The summed E-state index contributed by atoms with van der Waals surface area (Å²) in [5, 5.41) is 0. The number of benzene rings is 2. The van der Waals surface area contributed by atoms with E-state index in [2.05, 4.69) is 70.2 Å². The summed E-state index contributed by atoms with van der Waals surface area (Å²) in [5.74, 6) is 0.942. The standard InChI is InChI=1S/C19H24O/c1-5-15-9-11-16(12-10-15)14-20-18-8-6-7-17(13-18)19(2,3)4/h6-13H,5,14H2,1-4H3. The van der Waals surface area contributed by atoms with Gasteiger partial charge in [-0.15, -0.1) is 0 Å². The van der Waals surface area contributed by atoms with Crippen LogP contribution in [-0.4, -0.2) is 0 Å². The molecule has 0 aliphatic heterocycles. The van der Waals surface area contributed by atoms with Crippen LogP contribution in [0.25, 0.3) is 0 Å². The number of hydrogen-bond acceptors (Lipinski definition) is 1. The summed E-state index contributed by atoms with van der Waals surface area (Å²) in [7, 11) is 0. The zero-order valence-electron chi connectivity index (χ0n) is 12.9. The molecule has 2 rings (SSSR count). The molecule has 0 unspecified atom stereocenters. The second kappa shape index (κ2) is 6.13. The maximum atomic E-state index is 5.90. The Bertz CT molecular complexity index is 547. The predicted molar refractivity (Wildman–Crippen MR) is 85.3 cm³/mol. The summed E-state index contributed by atoms with van der Waals surface area (Å²) in [5.41, 5.74) is 4.03. The number of hydrogen-bond donors (Lipinski definition) is 0. The van der Waals surface area contributed by atoms with Gasteiger partial charge in [-0.25, -0.2) is 0 Å². The molecule has 0 bridgehead atoms. The summed E-state index contributed by atoms with van der Waals surface area (Å²) >= 11 is 0. The van der Waals surface area contributed by atoms with E-state index in [0.717, 1.165) is 12.2 Å². The first-order valence-corrected chi connectivity index (χ1v) is 7.30. The van der Waals surface area contributed by atoms with Gasteiger partial charge < -0.3 is 4.74 Å². The van der Waals surface area contributed by atoms with Gasteiger partial charge in [0.15, 0.2) is 0 Å². The molecule has 1 nitrogen and oxygen atoms in total. The lowest BCUT2D eigenvalue weighted by atomic mass is 9.87. The second-order valence-corrected chi connectivity index (χ2v) is 6.24. The van der Waals surface area contributed by atoms with Crippen molar-refractivity contribution in [3.63, 3.8) is 0 Å². The van der Waals surface area contributed by atoms with Gasteiger partial charge in [0.2, 0.25) is 0 Å². The molecule has 0 aliphatic carbocycles. The van der Waals surface area contributed by atoms with Crippen molar-refractivity contribution in [2.75, 3.05) is 0 Å². The van der Waals surface area contributed by atoms with Gasteiger partial charge in [-0.1, -0.05) is 64.1 Å². The van der Waals surface area contributed by atoms with E-state index in [0.29, 0.717) is 6.61 Å². The Morgan fingerprint density at radius 3 is 2.15 bits per heavy atom. The predicted octanol–water partition coefficient (Wildman–Crippen LogP) is 5.13. The SMILES string of the molecule is CCc1ccc(COc2cccc(C(C)(C)C)c2)cc1. The quantitative estimate of drug-likeness (QED) is 0.747. The van der Waals surface area contributed by atoms with Crippen molar-refractivity contribution in [1.29, 1.82) is 0 Å². The average molecular weight is 268 g/mol. The lowest BCUT2D eigenvalue weighted by molar-refractivity contribution is 0.305. The van der Waals surface area contributed by atoms with Crippen LogP contribution in [0.1, 0.15) is 44.4 Å². The Kier molecular flexibility index (Phi) is 4.49. The summed E-state index contributed by atoms with van der Waals surface area (Å²) in [6.07, 6.45) is 1.08. The highest BCUT2D eigenvalue weighted by Gasteiger charge is 2.13. The fourth-order valence-electron chi connectivity index (χ4n) is 2.09. The summed E-state index contributed by atoms with van der Waals surface area (Å²) < 4.78 is 5.90. The molecule has 0 spiro atoms. The van der Waals surface area contributed by atoms with Crippen molar-refractivity contribution in [3.8, 4) is 5.75 Å². The minimum absolute atomic E-state index is 0.155. The lowest BCUT2D eigenvalue weighted by Crippen LogP contribution is -2.10. The van der Waals surface area contributed by atoms with E-state index in [9.17, 15) is 0 Å². The second-order valence-electron chi connectivity index (χ2n) is 6.24. The van der Waals surface area contributed by atoms with Crippen LogP contribution >= 0.6 is 0 Å². The van der Waals surface area contributed by atoms with Crippen molar-refractivity contribution in [2.24, 2.45) is 0 Å². The Hall–Kier alpha value is -1.76. The van der Waals surface area contributed by atoms with Gasteiger partial charge in [0.05, 0.1) is 0 Å². The van der Waals surface area contributed by atoms with Crippen LogP contribution in [0.5, 0.6) is 5.75 Å². The molecule has 20 heavy (non-hydrogen) atoms. The molecule has 0 fully saturated rings. The van der Waals surface area contributed by atoms with Crippen LogP contribution in [0, 0.1) is 0 Å². The zero-order chi connectivity index (χ0) is 14.6. The van der Waals surface area contributed by atoms with E-state index in [1.807, 2.05) is 6.07 Å². The van der Waals surface area contributed by atoms with E-state index in [1.54, 1.807) is 0 Å². The molecular weight excluding hydrogens is 244 g/mol. The van der Waals surface area contributed by atoms with E-state index < -0.39 is 0 Å². The number of aryl methyl sites for hydroxylation is 1. The molecule has 0 atom stereocenters. The van der Waals surface area contributed by atoms with Crippen LogP contribution in [0.15, 0.2) is 48.5 Å². The zero-order valence-corrected chi connectivity index (χ0v) is 12.9. The van der Waals surface area contributed by atoms with Crippen LogP contribution in [0.4, 0.5) is 0 Å². The van der Waals surface area contributed by atoms with Crippen molar-refractivity contribution in [1.82, 2.24) is 0 Å². The van der Waals surface area contributed by atoms with Crippen molar-refractivity contribution >= 4 is 0 Å². The van der Waals surface area contributed by atoms with Crippen LogP contribution in [-0.2, 0) is 18.4 Å². The highest BCUT2D eigenvalue weighted by Crippen LogP contribution is 2.26. The molecule has 1 heteroatoms. The number of rotatable bonds is 4. The maximum Gasteiger partial charge on any atom is 0.120 e.